The number of ether oxygens (including phenoxy) is 1. The molecule has 1 saturated heterocycles. The maximum atomic E-state index is 12.2. The standard InChI is InChI=1S/C15H16ClNO5/c1-22-15(21)10-6-13(18)17(8-10)12(7-14(19)20)9-2-4-11(16)5-3-9/h2-5,10,12H,6-8H2,1H3,(H,19,20). The van der Waals surface area contributed by atoms with Crippen LogP contribution in [-0.2, 0) is 19.1 Å². The van der Waals surface area contributed by atoms with Gasteiger partial charge in [-0.2, -0.15) is 0 Å². The Kier molecular flexibility index (Phi) is 5.03. The van der Waals surface area contributed by atoms with Gasteiger partial charge in [0, 0.05) is 18.0 Å². The summed E-state index contributed by atoms with van der Waals surface area (Å²) in [6, 6.07) is 6.04. The van der Waals surface area contributed by atoms with Crippen LogP contribution in [0.2, 0.25) is 5.02 Å². The van der Waals surface area contributed by atoms with E-state index in [0.717, 1.165) is 0 Å². The lowest BCUT2D eigenvalue weighted by Gasteiger charge is -2.27. The van der Waals surface area contributed by atoms with Gasteiger partial charge in [0.1, 0.15) is 0 Å². The second kappa shape index (κ2) is 6.79. The summed E-state index contributed by atoms with van der Waals surface area (Å²) in [4.78, 5) is 36.3. The molecule has 1 aliphatic heterocycles. The molecule has 0 bridgehead atoms. The lowest BCUT2D eigenvalue weighted by Crippen LogP contribution is -2.32. The quantitative estimate of drug-likeness (QED) is 0.836. The first kappa shape index (κ1) is 16.3. The average molecular weight is 326 g/mol. The van der Waals surface area contributed by atoms with E-state index in [9.17, 15) is 14.4 Å². The molecule has 1 aliphatic rings. The number of hydrogen-bond acceptors (Lipinski definition) is 4. The van der Waals surface area contributed by atoms with Crippen LogP contribution in [0.1, 0.15) is 24.4 Å². The normalized spacial score (nSPS) is 19.1. The third kappa shape index (κ3) is 3.57. The van der Waals surface area contributed by atoms with Gasteiger partial charge in [-0.3, -0.25) is 14.4 Å². The minimum absolute atomic E-state index is 0.0381. The zero-order chi connectivity index (χ0) is 16.3. The molecule has 0 aliphatic carbocycles. The number of nitrogens with zero attached hydrogens (tertiary/aromatic N) is 1. The van der Waals surface area contributed by atoms with Crippen LogP contribution >= 0.6 is 11.6 Å². The van der Waals surface area contributed by atoms with E-state index in [-0.39, 0.29) is 25.3 Å². The van der Waals surface area contributed by atoms with Crippen LogP contribution in [0.5, 0.6) is 0 Å². The van der Waals surface area contributed by atoms with E-state index in [1.807, 2.05) is 0 Å². The van der Waals surface area contributed by atoms with E-state index in [0.29, 0.717) is 10.6 Å². The summed E-state index contributed by atoms with van der Waals surface area (Å²) >= 11 is 5.84. The molecule has 1 aromatic carbocycles. The molecule has 2 unspecified atom stereocenters. The molecule has 0 radical (unpaired) electrons. The second-order valence-electron chi connectivity index (χ2n) is 5.14. The van der Waals surface area contributed by atoms with Crippen LogP contribution in [0, 0.1) is 5.92 Å². The number of likely N-dealkylation sites (tertiary alicyclic amines) is 1. The molecule has 1 N–H and O–H groups in total. The number of rotatable bonds is 5. The summed E-state index contributed by atoms with van der Waals surface area (Å²) in [5, 5.41) is 9.64. The number of methoxy groups -OCH3 is 1. The molecule has 118 valence electrons. The predicted octanol–water partition coefficient (Wildman–Crippen LogP) is 1.88. The summed E-state index contributed by atoms with van der Waals surface area (Å²) in [7, 11) is 1.27. The zero-order valence-electron chi connectivity index (χ0n) is 12.0. The largest absolute Gasteiger partial charge is 0.481 e. The highest BCUT2D eigenvalue weighted by molar-refractivity contribution is 6.30. The van der Waals surface area contributed by atoms with Crippen LogP contribution in [0.25, 0.3) is 0 Å². The minimum atomic E-state index is -1.02. The van der Waals surface area contributed by atoms with E-state index in [4.69, 9.17) is 16.7 Å². The van der Waals surface area contributed by atoms with Crippen molar-refractivity contribution in [3.8, 4) is 0 Å². The van der Waals surface area contributed by atoms with Gasteiger partial charge in [-0.05, 0) is 17.7 Å². The Morgan fingerprint density at radius 2 is 2.05 bits per heavy atom. The molecule has 7 heteroatoms. The van der Waals surface area contributed by atoms with Crippen molar-refractivity contribution >= 4 is 29.4 Å². The number of benzene rings is 1. The first-order valence-corrected chi connectivity index (χ1v) is 7.14. The number of halogens is 1. The van der Waals surface area contributed by atoms with Gasteiger partial charge < -0.3 is 14.7 Å². The Balaban J connectivity index is 2.26. The van der Waals surface area contributed by atoms with E-state index < -0.39 is 23.9 Å². The molecule has 22 heavy (non-hydrogen) atoms. The van der Waals surface area contributed by atoms with Crippen LogP contribution in [-0.4, -0.2) is 41.5 Å². The van der Waals surface area contributed by atoms with E-state index in [2.05, 4.69) is 4.74 Å². The van der Waals surface area contributed by atoms with E-state index in [1.165, 1.54) is 12.0 Å². The van der Waals surface area contributed by atoms with Crippen molar-refractivity contribution in [2.45, 2.75) is 18.9 Å². The third-order valence-electron chi connectivity index (χ3n) is 3.69. The molecular formula is C15H16ClNO5. The lowest BCUT2D eigenvalue weighted by atomic mass is 10.0. The highest BCUT2D eigenvalue weighted by Gasteiger charge is 2.39. The minimum Gasteiger partial charge on any atom is -0.481 e. The summed E-state index contributed by atoms with van der Waals surface area (Å²) in [5.74, 6) is -2.28. The average Bonchev–Trinajstić information content (AvgIpc) is 2.86. The van der Waals surface area contributed by atoms with Gasteiger partial charge in [-0.1, -0.05) is 23.7 Å². The molecule has 0 aromatic heterocycles. The molecule has 6 nitrogen and oxygen atoms in total. The Hall–Kier alpha value is -2.08. The molecule has 2 rings (SSSR count). The van der Waals surface area contributed by atoms with Crippen LogP contribution in [0.3, 0.4) is 0 Å². The number of carboxylic acid groups (broad SMARTS) is 1. The smallest absolute Gasteiger partial charge is 0.310 e. The maximum Gasteiger partial charge on any atom is 0.310 e. The summed E-state index contributed by atoms with van der Waals surface area (Å²) < 4.78 is 4.66. The van der Waals surface area contributed by atoms with Crippen LogP contribution in [0.15, 0.2) is 24.3 Å². The van der Waals surface area contributed by atoms with Crippen LogP contribution < -0.4 is 0 Å². The van der Waals surface area contributed by atoms with Crippen molar-refractivity contribution in [1.82, 2.24) is 4.90 Å². The number of amides is 1. The molecule has 2 atom stereocenters. The van der Waals surface area contributed by atoms with Crippen molar-refractivity contribution in [3.63, 3.8) is 0 Å². The molecule has 1 fully saturated rings. The zero-order valence-corrected chi connectivity index (χ0v) is 12.7. The second-order valence-corrected chi connectivity index (χ2v) is 5.57. The van der Waals surface area contributed by atoms with Gasteiger partial charge in [-0.15, -0.1) is 0 Å². The Bertz CT molecular complexity index is 586. The van der Waals surface area contributed by atoms with Gasteiger partial charge in [0.2, 0.25) is 5.91 Å². The topological polar surface area (TPSA) is 83.9 Å². The van der Waals surface area contributed by atoms with E-state index in [1.54, 1.807) is 24.3 Å². The number of carboxylic acids is 1. The van der Waals surface area contributed by atoms with Crippen molar-refractivity contribution in [3.05, 3.63) is 34.9 Å². The Morgan fingerprint density at radius 1 is 1.41 bits per heavy atom. The van der Waals surface area contributed by atoms with Crippen molar-refractivity contribution in [2.75, 3.05) is 13.7 Å². The molecule has 0 spiro atoms. The fourth-order valence-corrected chi connectivity index (χ4v) is 2.74. The third-order valence-corrected chi connectivity index (χ3v) is 3.94. The number of carbonyl (C=O) groups is 3. The fourth-order valence-electron chi connectivity index (χ4n) is 2.62. The van der Waals surface area contributed by atoms with E-state index >= 15 is 0 Å². The number of aliphatic carboxylic acids is 1. The summed E-state index contributed by atoms with van der Waals surface area (Å²) in [6.07, 6.45) is -0.197. The number of carbonyl (C=O) groups excluding carboxylic acids is 2. The van der Waals surface area contributed by atoms with Gasteiger partial charge in [0.25, 0.3) is 0 Å². The first-order valence-electron chi connectivity index (χ1n) is 6.77. The van der Waals surface area contributed by atoms with Gasteiger partial charge in [0.15, 0.2) is 0 Å². The molecule has 0 saturated carbocycles. The van der Waals surface area contributed by atoms with Gasteiger partial charge in [0.05, 0.1) is 25.5 Å². The number of hydrogen-bond donors (Lipinski definition) is 1. The van der Waals surface area contributed by atoms with Crippen molar-refractivity contribution < 1.29 is 24.2 Å². The lowest BCUT2D eigenvalue weighted by molar-refractivity contribution is -0.145. The maximum absolute atomic E-state index is 12.2. The van der Waals surface area contributed by atoms with Crippen LogP contribution in [0.4, 0.5) is 0 Å². The summed E-state index contributed by atoms with van der Waals surface area (Å²) in [5.41, 5.74) is 0.672. The Morgan fingerprint density at radius 3 is 2.59 bits per heavy atom. The molecular weight excluding hydrogens is 310 g/mol. The van der Waals surface area contributed by atoms with Crippen molar-refractivity contribution in [1.29, 1.82) is 0 Å². The molecule has 1 aromatic rings. The highest BCUT2D eigenvalue weighted by atomic mass is 35.5. The summed E-state index contributed by atoms with van der Waals surface area (Å²) in [6.45, 7) is 0.159. The van der Waals surface area contributed by atoms with Gasteiger partial charge >= 0.3 is 11.9 Å². The monoisotopic (exact) mass is 325 g/mol. The predicted molar refractivity (Wildman–Crippen MR) is 78.3 cm³/mol. The molecule has 1 amide bonds. The highest BCUT2D eigenvalue weighted by Crippen LogP contribution is 2.32. The molecule has 1 heterocycles. The Labute approximate surface area is 132 Å². The van der Waals surface area contributed by atoms with Gasteiger partial charge in [-0.25, -0.2) is 0 Å². The van der Waals surface area contributed by atoms with Crippen molar-refractivity contribution in [2.24, 2.45) is 5.92 Å². The number of esters is 1. The first-order chi connectivity index (χ1) is 10.4. The SMILES string of the molecule is COC(=O)C1CC(=O)N(C(CC(=O)O)c2ccc(Cl)cc2)C1. The fraction of sp³-hybridized carbons (Fsp3) is 0.400.